The maximum Gasteiger partial charge on any atom is 0.287 e. The van der Waals surface area contributed by atoms with Crippen molar-refractivity contribution in [1.82, 2.24) is 10.0 Å². The first-order valence-electron chi connectivity index (χ1n) is 9.26. The molecule has 3 amide bonds. The fourth-order valence-corrected chi connectivity index (χ4v) is 3.88. The average Bonchev–Trinajstić information content (AvgIpc) is 3.03. The van der Waals surface area contributed by atoms with Gasteiger partial charge in [-0.15, -0.1) is 0 Å². The Bertz CT molecular complexity index is 1280. The Kier molecular flexibility index (Phi) is 5.77. The monoisotopic (exact) mass is 513 g/mol. The smallest absolute Gasteiger partial charge is 0.267 e. The predicted octanol–water partition coefficient (Wildman–Crippen LogP) is 4.86. The molecule has 160 valence electrons. The molecule has 0 fully saturated rings. The second-order valence-electron chi connectivity index (χ2n) is 6.85. The van der Waals surface area contributed by atoms with E-state index in [1.165, 1.54) is 24.3 Å². The Hall–Kier alpha value is -3.56. The molecule has 1 heterocycles. The number of nitro benzene ring substituents is 1. The molecular formula is C22H13BrClN3O5. The first-order chi connectivity index (χ1) is 15.3. The van der Waals surface area contributed by atoms with Gasteiger partial charge < -0.3 is 0 Å². The minimum atomic E-state index is -0.949. The molecular weight excluding hydrogens is 502 g/mol. The summed E-state index contributed by atoms with van der Waals surface area (Å²) in [6.07, 6.45) is 0. The molecule has 0 saturated heterocycles. The van der Waals surface area contributed by atoms with Gasteiger partial charge in [-0.25, -0.2) is 5.01 Å². The van der Waals surface area contributed by atoms with Crippen LogP contribution in [0.5, 0.6) is 0 Å². The van der Waals surface area contributed by atoms with Gasteiger partial charge in [-0.2, -0.15) is 5.01 Å². The fourth-order valence-electron chi connectivity index (χ4n) is 3.40. The topological polar surface area (TPSA) is 101 Å². The number of carbonyl (C=O) groups excluding carboxylic acids is 3. The maximum absolute atomic E-state index is 13.4. The van der Waals surface area contributed by atoms with Crippen molar-refractivity contribution in [3.05, 3.63) is 109 Å². The highest BCUT2D eigenvalue weighted by Crippen LogP contribution is 2.33. The summed E-state index contributed by atoms with van der Waals surface area (Å²) >= 11 is 9.52. The molecule has 0 radical (unpaired) electrons. The standard InChI is InChI=1S/C22H13BrClN3O5/c23-14-10-8-13(9-11-14)12-25(20(28)15-4-1-2-6-17(15)24)26-21(29)16-5-3-7-18(27(31)32)19(16)22(26)30/h1-11H,12H2. The zero-order chi connectivity index (χ0) is 23.0. The van der Waals surface area contributed by atoms with Gasteiger partial charge in [0.15, 0.2) is 0 Å². The van der Waals surface area contributed by atoms with Crippen LogP contribution in [0.1, 0.15) is 36.6 Å². The van der Waals surface area contributed by atoms with Crippen LogP contribution in [0.15, 0.2) is 71.2 Å². The zero-order valence-corrected chi connectivity index (χ0v) is 18.5. The summed E-state index contributed by atoms with van der Waals surface area (Å²) in [4.78, 5) is 50.5. The first-order valence-corrected chi connectivity index (χ1v) is 10.4. The lowest BCUT2D eigenvalue weighted by Crippen LogP contribution is -2.49. The van der Waals surface area contributed by atoms with E-state index in [0.29, 0.717) is 10.6 Å². The van der Waals surface area contributed by atoms with Crippen LogP contribution >= 0.6 is 27.5 Å². The Balaban J connectivity index is 1.82. The molecule has 0 N–H and O–H groups in total. The molecule has 3 aromatic rings. The average molecular weight is 515 g/mol. The van der Waals surface area contributed by atoms with Gasteiger partial charge in [-0.05, 0) is 35.9 Å². The number of benzene rings is 3. The Labute approximate surface area is 195 Å². The van der Waals surface area contributed by atoms with Gasteiger partial charge in [-0.1, -0.05) is 57.9 Å². The molecule has 0 aliphatic carbocycles. The molecule has 0 unspecified atom stereocenters. The van der Waals surface area contributed by atoms with Crippen molar-refractivity contribution in [3.8, 4) is 0 Å². The van der Waals surface area contributed by atoms with Crippen molar-refractivity contribution < 1.29 is 19.3 Å². The minimum absolute atomic E-state index is 0.0809. The molecule has 1 aliphatic heterocycles. The molecule has 0 spiro atoms. The molecule has 4 rings (SSSR count). The van der Waals surface area contributed by atoms with E-state index in [-0.39, 0.29) is 28.3 Å². The number of amides is 3. The number of hydrazine groups is 1. The summed E-state index contributed by atoms with van der Waals surface area (Å²) in [6, 6.07) is 17.0. The summed E-state index contributed by atoms with van der Waals surface area (Å²) in [5.74, 6) is -2.48. The van der Waals surface area contributed by atoms with E-state index < -0.39 is 28.3 Å². The van der Waals surface area contributed by atoms with Gasteiger partial charge in [0, 0.05) is 10.5 Å². The van der Waals surface area contributed by atoms with Gasteiger partial charge >= 0.3 is 0 Å². The van der Waals surface area contributed by atoms with E-state index in [9.17, 15) is 24.5 Å². The molecule has 0 atom stereocenters. The van der Waals surface area contributed by atoms with Gasteiger partial charge in [-0.3, -0.25) is 24.5 Å². The van der Waals surface area contributed by atoms with E-state index in [4.69, 9.17) is 11.6 Å². The molecule has 3 aromatic carbocycles. The highest BCUT2D eigenvalue weighted by Gasteiger charge is 2.45. The Morgan fingerprint density at radius 2 is 1.69 bits per heavy atom. The largest absolute Gasteiger partial charge is 0.287 e. The van der Waals surface area contributed by atoms with Gasteiger partial charge in [0.25, 0.3) is 23.4 Å². The predicted molar refractivity (Wildman–Crippen MR) is 119 cm³/mol. The number of nitro groups is 1. The van der Waals surface area contributed by atoms with Gasteiger partial charge in [0.2, 0.25) is 0 Å². The molecule has 0 saturated carbocycles. The molecule has 10 heteroatoms. The Morgan fingerprint density at radius 3 is 2.34 bits per heavy atom. The lowest BCUT2D eigenvalue weighted by atomic mass is 10.1. The summed E-state index contributed by atoms with van der Waals surface area (Å²) in [6.45, 7) is -0.142. The van der Waals surface area contributed by atoms with Crippen molar-refractivity contribution in [2.45, 2.75) is 6.54 Å². The second kappa shape index (κ2) is 8.52. The van der Waals surface area contributed by atoms with E-state index in [0.717, 1.165) is 15.5 Å². The van der Waals surface area contributed by atoms with Crippen molar-refractivity contribution in [1.29, 1.82) is 0 Å². The van der Waals surface area contributed by atoms with Crippen LogP contribution in [0.2, 0.25) is 5.02 Å². The molecule has 0 aromatic heterocycles. The van der Waals surface area contributed by atoms with Crippen LogP contribution in [0.4, 0.5) is 5.69 Å². The highest BCUT2D eigenvalue weighted by molar-refractivity contribution is 9.10. The van der Waals surface area contributed by atoms with Crippen LogP contribution in [-0.4, -0.2) is 32.7 Å². The minimum Gasteiger partial charge on any atom is -0.267 e. The quantitative estimate of drug-likeness (QED) is 0.275. The van der Waals surface area contributed by atoms with Gasteiger partial charge in [0.05, 0.1) is 27.6 Å². The summed E-state index contributed by atoms with van der Waals surface area (Å²) in [7, 11) is 0. The number of rotatable bonds is 5. The number of hydrogen-bond donors (Lipinski definition) is 0. The van der Waals surface area contributed by atoms with Crippen molar-refractivity contribution in [2.24, 2.45) is 0 Å². The zero-order valence-electron chi connectivity index (χ0n) is 16.2. The van der Waals surface area contributed by atoms with Crippen molar-refractivity contribution in [3.63, 3.8) is 0 Å². The maximum atomic E-state index is 13.4. The number of hydrogen-bond acceptors (Lipinski definition) is 5. The van der Waals surface area contributed by atoms with Crippen LogP contribution in [0, 0.1) is 10.1 Å². The molecule has 32 heavy (non-hydrogen) atoms. The number of nitrogens with zero attached hydrogens (tertiary/aromatic N) is 3. The number of imide groups is 1. The molecule has 0 bridgehead atoms. The third-order valence-electron chi connectivity index (χ3n) is 4.89. The second-order valence-corrected chi connectivity index (χ2v) is 8.17. The summed E-state index contributed by atoms with van der Waals surface area (Å²) < 4.78 is 0.807. The van der Waals surface area contributed by atoms with E-state index in [2.05, 4.69) is 15.9 Å². The lowest BCUT2D eigenvalue weighted by molar-refractivity contribution is -0.385. The third-order valence-corrected chi connectivity index (χ3v) is 5.75. The van der Waals surface area contributed by atoms with Crippen molar-refractivity contribution >= 4 is 50.9 Å². The van der Waals surface area contributed by atoms with Crippen LogP contribution in [0.25, 0.3) is 0 Å². The fraction of sp³-hybridized carbons (Fsp3) is 0.0455. The van der Waals surface area contributed by atoms with Gasteiger partial charge in [0.1, 0.15) is 5.56 Å². The molecule has 1 aliphatic rings. The van der Waals surface area contributed by atoms with E-state index in [1.54, 1.807) is 36.4 Å². The normalized spacial score (nSPS) is 12.6. The lowest BCUT2D eigenvalue weighted by Gasteiger charge is -2.30. The van der Waals surface area contributed by atoms with Crippen LogP contribution in [-0.2, 0) is 6.54 Å². The third kappa shape index (κ3) is 3.76. The SMILES string of the molecule is O=C(c1ccccc1Cl)N(Cc1ccc(Br)cc1)N1C(=O)c2cccc([N+](=O)[O-])c2C1=O. The van der Waals surface area contributed by atoms with E-state index in [1.807, 2.05) is 0 Å². The van der Waals surface area contributed by atoms with Crippen molar-refractivity contribution in [2.75, 3.05) is 0 Å². The summed E-state index contributed by atoms with van der Waals surface area (Å²) in [5, 5.41) is 13.2. The number of fused-ring (bicyclic) bond motifs is 1. The molecule has 8 nitrogen and oxygen atoms in total. The summed E-state index contributed by atoms with van der Waals surface area (Å²) in [5.41, 5.74) is -0.290. The van der Waals surface area contributed by atoms with Crippen LogP contribution in [0.3, 0.4) is 0 Å². The Morgan fingerprint density at radius 1 is 1.00 bits per heavy atom. The number of halogens is 2. The first kappa shape index (κ1) is 21.7. The van der Waals surface area contributed by atoms with E-state index >= 15 is 0 Å². The highest BCUT2D eigenvalue weighted by atomic mass is 79.9. The number of carbonyl (C=O) groups is 3. The van der Waals surface area contributed by atoms with Crippen LogP contribution < -0.4 is 0 Å².